The van der Waals surface area contributed by atoms with E-state index >= 15 is 0 Å². The molecule has 1 saturated carbocycles. The molecule has 1 N–H and O–H groups in total. The molecule has 3 heterocycles. The fraction of sp³-hybridized carbons (Fsp3) is 0.500. The van der Waals surface area contributed by atoms with Crippen molar-refractivity contribution in [3.8, 4) is 0 Å². The van der Waals surface area contributed by atoms with Crippen LogP contribution in [0.2, 0.25) is 0 Å². The number of nitrogens with zero attached hydrogens (tertiary/aromatic N) is 5. The topological polar surface area (TPSA) is 93.0 Å². The van der Waals surface area contributed by atoms with Gasteiger partial charge in [-0.3, -0.25) is 14.3 Å². The Hall–Kier alpha value is -2.77. The maximum atomic E-state index is 13.0. The molecule has 1 aliphatic heterocycles. The predicted molar refractivity (Wildman–Crippen MR) is 93.1 cm³/mol. The van der Waals surface area contributed by atoms with E-state index in [1.165, 1.54) is 25.2 Å². The van der Waals surface area contributed by atoms with Crippen molar-refractivity contribution in [2.24, 2.45) is 5.92 Å². The molecule has 136 valence electrons. The largest absolute Gasteiger partial charge is 0.354 e. The average molecular weight is 354 g/mol. The SMILES string of the molecule is O=C(c1ccnnc1)N1CCC(C(=O)NCC2CC2)(n2cccn2)CC1. The molecular formula is C18H22N6O2. The molecule has 0 aromatic carbocycles. The lowest BCUT2D eigenvalue weighted by atomic mass is 9.86. The number of amides is 2. The molecule has 2 aromatic heterocycles. The third-order valence-corrected chi connectivity index (χ3v) is 5.32. The number of hydrogen-bond donors (Lipinski definition) is 1. The van der Waals surface area contributed by atoms with E-state index in [0.717, 1.165) is 6.54 Å². The zero-order valence-corrected chi connectivity index (χ0v) is 14.5. The number of piperidine rings is 1. The molecule has 8 nitrogen and oxygen atoms in total. The molecule has 0 unspecified atom stereocenters. The smallest absolute Gasteiger partial charge is 0.255 e. The van der Waals surface area contributed by atoms with E-state index < -0.39 is 5.54 Å². The van der Waals surface area contributed by atoms with Crippen LogP contribution in [0.5, 0.6) is 0 Å². The molecule has 2 aliphatic rings. The normalized spacial score (nSPS) is 19.2. The third kappa shape index (κ3) is 3.18. The molecule has 0 bridgehead atoms. The van der Waals surface area contributed by atoms with E-state index in [9.17, 15) is 9.59 Å². The van der Waals surface area contributed by atoms with Crippen molar-refractivity contribution in [1.82, 2.24) is 30.2 Å². The van der Waals surface area contributed by atoms with Gasteiger partial charge in [0.2, 0.25) is 5.91 Å². The highest BCUT2D eigenvalue weighted by molar-refractivity contribution is 5.94. The summed E-state index contributed by atoms with van der Waals surface area (Å²) in [7, 11) is 0. The standard InChI is InChI=1S/C18H22N6O2/c25-16(15-4-8-20-21-13-15)23-10-5-18(6-11-23,24-9-1-7-22-24)17(26)19-12-14-2-3-14/h1,4,7-9,13-14H,2-3,5-6,10-12H2,(H,19,26). The molecule has 0 atom stereocenters. The van der Waals surface area contributed by atoms with Crippen LogP contribution in [0.1, 0.15) is 36.0 Å². The van der Waals surface area contributed by atoms with E-state index in [1.807, 2.05) is 12.3 Å². The van der Waals surface area contributed by atoms with Crippen LogP contribution in [0.3, 0.4) is 0 Å². The van der Waals surface area contributed by atoms with E-state index in [1.54, 1.807) is 21.8 Å². The first-order chi connectivity index (χ1) is 12.7. The molecular weight excluding hydrogens is 332 g/mol. The molecule has 0 radical (unpaired) electrons. The Kier molecular flexibility index (Phi) is 4.40. The summed E-state index contributed by atoms with van der Waals surface area (Å²) in [5.74, 6) is 0.549. The molecule has 8 heteroatoms. The van der Waals surface area contributed by atoms with Crippen molar-refractivity contribution < 1.29 is 9.59 Å². The molecule has 2 fully saturated rings. The summed E-state index contributed by atoms with van der Waals surface area (Å²) in [5.41, 5.74) is -0.212. The number of nitrogens with one attached hydrogen (secondary N) is 1. The Labute approximate surface area is 151 Å². The van der Waals surface area contributed by atoms with Gasteiger partial charge in [0.15, 0.2) is 0 Å². The first-order valence-corrected chi connectivity index (χ1v) is 9.03. The van der Waals surface area contributed by atoms with Gasteiger partial charge in [-0.2, -0.15) is 15.3 Å². The van der Waals surface area contributed by atoms with Crippen LogP contribution in [0, 0.1) is 5.92 Å². The highest BCUT2D eigenvalue weighted by Gasteiger charge is 2.44. The lowest BCUT2D eigenvalue weighted by molar-refractivity contribution is -0.133. The Morgan fingerprint density at radius 1 is 1.19 bits per heavy atom. The minimum atomic E-state index is -0.730. The van der Waals surface area contributed by atoms with Gasteiger partial charge in [-0.25, -0.2) is 0 Å². The second-order valence-corrected chi connectivity index (χ2v) is 7.06. The number of likely N-dealkylation sites (tertiary alicyclic amines) is 1. The molecule has 0 spiro atoms. The summed E-state index contributed by atoms with van der Waals surface area (Å²) >= 11 is 0. The van der Waals surface area contributed by atoms with Gasteiger partial charge in [-0.05, 0) is 43.7 Å². The quantitative estimate of drug-likeness (QED) is 0.858. The maximum absolute atomic E-state index is 13.0. The number of carbonyl (C=O) groups excluding carboxylic acids is 2. The summed E-state index contributed by atoms with van der Waals surface area (Å²) in [4.78, 5) is 27.4. The monoisotopic (exact) mass is 354 g/mol. The number of rotatable bonds is 5. The van der Waals surface area contributed by atoms with Gasteiger partial charge in [0.05, 0.1) is 18.0 Å². The van der Waals surface area contributed by atoms with Crippen LogP contribution in [-0.2, 0) is 10.3 Å². The third-order valence-electron chi connectivity index (χ3n) is 5.32. The van der Waals surface area contributed by atoms with Gasteiger partial charge >= 0.3 is 0 Å². The van der Waals surface area contributed by atoms with Gasteiger partial charge < -0.3 is 10.2 Å². The molecule has 1 saturated heterocycles. The van der Waals surface area contributed by atoms with Crippen LogP contribution >= 0.6 is 0 Å². The maximum Gasteiger partial charge on any atom is 0.255 e. The fourth-order valence-electron chi connectivity index (χ4n) is 3.49. The van der Waals surface area contributed by atoms with Crippen molar-refractivity contribution in [3.63, 3.8) is 0 Å². The Bertz CT molecular complexity index is 764. The number of hydrogen-bond acceptors (Lipinski definition) is 5. The lowest BCUT2D eigenvalue weighted by Crippen LogP contribution is -2.56. The molecule has 2 amide bonds. The summed E-state index contributed by atoms with van der Waals surface area (Å²) in [6, 6.07) is 3.49. The van der Waals surface area contributed by atoms with E-state index in [4.69, 9.17) is 0 Å². The van der Waals surface area contributed by atoms with Gasteiger partial charge in [-0.1, -0.05) is 0 Å². The minimum absolute atomic E-state index is 0.00535. The number of aromatic nitrogens is 4. The highest BCUT2D eigenvalue weighted by Crippen LogP contribution is 2.32. The molecule has 2 aromatic rings. The van der Waals surface area contributed by atoms with Crippen molar-refractivity contribution in [2.75, 3.05) is 19.6 Å². The summed E-state index contributed by atoms with van der Waals surface area (Å²) < 4.78 is 1.76. The molecule has 26 heavy (non-hydrogen) atoms. The predicted octanol–water partition coefficient (Wildman–Crippen LogP) is 0.831. The summed E-state index contributed by atoms with van der Waals surface area (Å²) in [6.07, 6.45) is 9.97. The second-order valence-electron chi connectivity index (χ2n) is 7.06. The van der Waals surface area contributed by atoms with Gasteiger partial charge in [-0.15, -0.1) is 0 Å². The summed E-state index contributed by atoms with van der Waals surface area (Å²) in [5, 5.41) is 14.9. The Morgan fingerprint density at radius 3 is 2.62 bits per heavy atom. The second kappa shape index (κ2) is 6.86. The van der Waals surface area contributed by atoms with Crippen LogP contribution < -0.4 is 5.32 Å². The average Bonchev–Trinajstić information content (AvgIpc) is 3.36. The Balaban J connectivity index is 1.48. The van der Waals surface area contributed by atoms with Crippen molar-refractivity contribution in [2.45, 2.75) is 31.2 Å². The van der Waals surface area contributed by atoms with Gasteiger partial charge in [0, 0.05) is 32.0 Å². The van der Waals surface area contributed by atoms with E-state index in [0.29, 0.717) is 37.4 Å². The fourth-order valence-corrected chi connectivity index (χ4v) is 3.49. The van der Waals surface area contributed by atoms with Crippen LogP contribution in [-0.4, -0.2) is 56.3 Å². The zero-order valence-electron chi connectivity index (χ0n) is 14.5. The van der Waals surface area contributed by atoms with Crippen molar-refractivity contribution >= 4 is 11.8 Å². The summed E-state index contributed by atoms with van der Waals surface area (Å²) in [6.45, 7) is 1.73. The van der Waals surface area contributed by atoms with Crippen LogP contribution in [0.15, 0.2) is 36.9 Å². The first kappa shape index (κ1) is 16.7. The lowest BCUT2D eigenvalue weighted by Gasteiger charge is -2.40. The van der Waals surface area contributed by atoms with Crippen LogP contribution in [0.25, 0.3) is 0 Å². The van der Waals surface area contributed by atoms with E-state index in [2.05, 4.69) is 20.6 Å². The van der Waals surface area contributed by atoms with Gasteiger partial charge in [0.1, 0.15) is 5.54 Å². The van der Waals surface area contributed by atoms with Gasteiger partial charge in [0.25, 0.3) is 5.91 Å². The zero-order chi connectivity index (χ0) is 18.0. The molecule has 1 aliphatic carbocycles. The number of carbonyl (C=O) groups is 2. The van der Waals surface area contributed by atoms with Crippen molar-refractivity contribution in [1.29, 1.82) is 0 Å². The van der Waals surface area contributed by atoms with Crippen molar-refractivity contribution in [3.05, 3.63) is 42.5 Å². The first-order valence-electron chi connectivity index (χ1n) is 9.03. The molecule has 4 rings (SSSR count). The Morgan fingerprint density at radius 2 is 2.00 bits per heavy atom. The van der Waals surface area contributed by atoms with E-state index in [-0.39, 0.29) is 11.8 Å². The van der Waals surface area contributed by atoms with Crippen LogP contribution in [0.4, 0.5) is 0 Å². The minimum Gasteiger partial charge on any atom is -0.354 e. The highest BCUT2D eigenvalue weighted by atomic mass is 16.2.